The number of nitrogens with one attached hydrogen (secondary N) is 1. The van der Waals surface area contributed by atoms with Gasteiger partial charge in [0.15, 0.2) is 0 Å². The second kappa shape index (κ2) is 5.64. The molecule has 0 spiro atoms. The lowest BCUT2D eigenvalue weighted by molar-refractivity contribution is 0.1000. The molecule has 2 aliphatic rings. The number of rotatable bonds is 4. The van der Waals surface area contributed by atoms with Crippen LogP contribution in [0, 0.1) is 5.82 Å². The summed E-state index contributed by atoms with van der Waals surface area (Å²) in [4.78, 5) is 13.8. The maximum Gasteiger partial charge on any atom is 0.250 e. The molecule has 2 unspecified atom stereocenters. The zero-order valence-corrected chi connectivity index (χ0v) is 12.3. The topological polar surface area (TPSA) is 58.4 Å². The minimum atomic E-state index is -0.570. The minimum absolute atomic E-state index is 0.280. The number of piperidine rings is 1. The fourth-order valence-electron chi connectivity index (χ4n) is 3.86. The number of primary amides is 1. The monoisotopic (exact) mass is 291 g/mol. The fraction of sp³-hybridized carbons (Fsp3) is 0.562. The molecule has 1 aromatic carbocycles. The molecule has 0 saturated carbocycles. The number of hydrogen-bond donors (Lipinski definition) is 2. The Kier molecular flexibility index (Phi) is 3.85. The molecule has 2 saturated heterocycles. The Bertz CT molecular complexity index is 536. The summed E-state index contributed by atoms with van der Waals surface area (Å²) < 4.78 is 13.4. The van der Waals surface area contributed by atoms with Crippen molar-refractivity contribution in [2.24, 2.45) is 5.73 Å². The Morgan fingerprint density at radius 1 is 1.38 bits per heavy atom. The van der Waals surface area contributed by atoms with Crippen LogP contribution in [0.4, 0.5) is 10.1 Å². The Labute approximate surface area is 124 Å². The van der Waals surface area contributed by atoms with Gasteiger partial charge in [0.25, 0.3) is 5.91 Å². The smallest absolute Gasteiger partial charge is 0.250 e. The summed E-state index contributed by atoms with van der Waals surface area (Å²) in [5.41, 5.74) is 6.47. The molecule has 21 heavy (non-hydrogen) atoms. The average Bonchev–Trinajstić information content (AvgIpc) is 2.80. The van der Waals surface area contributed by atoms with Crippen LogP contribution >= 0.6 is 0 Å². The summed E-state index contributed by atoms with van der Waals surface area (Å²) in [6.45, 7) is 2.86. The van der Waals surface area contributed by atoms with E-state index >= 15 is 0 Å². The van der Waals surface area contributed by atoms with E-state index in [1.165, 1.54) is 25.0 Å². The number of halogens is 1. The summed E-state index contributed by atoms with van der Waals surface area (Å²) in [6, 6.07) is 5.86. The van der Waals surface area contributed by atoms with E-state index in [0.717, 1.165) is 25.1 Å². The lowest BCUT2D eigenvalue weighted by Gasteiger charge is -2.39. The van der Waals surface area contributed by atoms with Crippen molar-refractivity contribution in [1.29, 1.82) is 0 Å². The molecule has 3 N–H and O–H groups in total. The van der Waals surface area contributed by atoms with Gasteiger partial charge in [0.05, 0.1) is 5.56 Å². The van der Waals surface area contributed by atoms with E-state index in [1.54, 1.807) is 6.07 Å². The van der Waals surface area contributed by atoms with Gasteiger partial charge in [-0.3, -0.25) is 4.79 Å². The molecule has 2 aliphatic heterocycles. The van der Waals surface area contributed by atoms with Crippen molar-refractivity contribution >= 4 is 11.6 Å². The molecule has 2 fully saturated rings. The van der Waals surface area contributed by atoms with Gasteiger partial charge in [-0.1, -0.05) is 0 Å². The summed E-state index contributed by atoms with van der Waals surface area (Å²) in [6.07, 6.45) is 4.59. The van der Waals surface area contributed by atoms with Crippen LogP contribution < -0.4 is 16.0 Å². The molecule has 2 bridgehead atoms. The normalized spacial score (nSPS) is 27.6. The largest absolute Gasteiger partial charge is 0.368 e. The quantitative estimate of drug-likeness (QED) is 0.892. The third kappa shape index (κ3) is 2.75. The summed E-state index contributed by atoms with van der Waals surface area (Å²) >= 11 is 0. The van der Waals surface area contributed by atoms with Crippen LogP contribution in [0.3, 0.4) is 0 Å². The minimum Gasteiger partial charge on any atom is -0.368 e. The molecular formula is C16H22FN3O. The van der Waals surface area contributed by atoms with Gasteiger partial charge < -0.3 is 16.0 Å². The molecule has 1 amide bonds. The van der Waals surface area contributed by atoms with Crippen molar-refractivity contribution in [2.75, 3.05) is 11.4 Å². The van der Waals surface area contributed by atoms with Gasteiger partial charge in [0.2, 0.25) is 0 Å². The molecule has 114 valence electrons. The van der Waals surface area contributed by atoms with Crippen molar-refractivity contribution in [3.8, 4) is 0 Å². The van der Waals surface area contributed by atoms with Crippen molar-refractivity contribution in [2.45, 2.75) is 50.7 Å². The van der Waals surface area contributed by atoms with E-state index in [1.807, 2.05) is 0 Å². The first-order chi connectivity index (χ1) is 10.1. The zero-order valence-electron chi connectivity index (χ0n) is 12.3. The van der Waals surface area contributed by atoms with Gasteiger partial charge in [-0.15, -0.1) is 0 Å². The van der Waals surface area contributed by atoms with E-state index in [4.69, 9.17) is 5.73 Å². The molecule has 1 aromatic rings. The maximum absolute atomic E-state index is 13.4. The number of hydrogen-bond acceptors (Lipinski definition) is 3. The number of carbonyl (C=O) groups excluding carboxylic acids is 1. The second-order valence-corrected chi connectivity index (χ2v) is 6.07. The second-order valence-electron chi connectivity index (χ2n) is 6.07. The molecule has 2 heterocycles. The first-order valence-corrected chi connectivity index (χ1v) is 7.70. The van der Waals surface area contributed by atoms with Crippen molar-refractivity contribution < 1.29 is 9.18 Å². The number of nitrogens with two attached hydrogens (primary N) is 1. The molecule has 0 radical (unpaired) electrons. The first kappa shape index (κ1) is 14.3. The molecule has 5 heteroatoms. The van der Waals surface area contributed by atoms with Crippen molar-refractivity contribution in [3.05, 3.63) is 29.6 Å². The van der Waals surface area contributed by atoms with Gasteiger partial charge in [0, 0.05) is 30.4 Å². The lowest BCUT2D eigenvalue weighted by atomic mass is 9.96. The van der Waals surface area contributed by atoms with Gasteiger partial charge in [0.1, 0.15) is 5.82 Å². The number of nitrogens with zero attached hydrogens (tertiary/aromatic N) is 1. The highest BCUT2D eigenvalue weighted by Gasteiger charge is 2.36. The van der Waals surface area contributed by atoms with Crippen molar-refractivity contribution in [3.63, 3.8) is 0 Å². The van der Waals surface area contributed by atoms with Gasteiger partial charge in [-0.2, -0.15) is 0 Å². The highest BCUT2D eigenvalue weighted by atomic mass is 19.1. The molecular weight excluding hydrogens is 269 g/mol. The van der Waals surface area contributed by atoms with E-state index in [9.17, 15) is 9.18 Å². The molecule has 3 rings (SSSR count). The van der Waals surface area contributed by atoms with Crippen molar-refractivity contribution in [1.82, 2.24) is 5.32 Å². The highest BCUT2D eigenvalue weighted by Crippen LogP contribution is 2.33. The van der Waals surface area contributed by atoms with E-state index in [0.29, 0.717) is 18.1 Å². The predicted octanol–water partition coefficient (Wildman–Crippen LogP) is 2.03. The summed E-state index contributed by atoms with van der Waals surface area (Å²) in [7, 11) is 0. The predicted molar refractivity (Wildman–Crippen MR) is 80.9 cm³/mol. The Morgan fingerprint density at radius 2 is 2.05 bits per heavy atom. The van der Waals surface area contributed by atoms with E-state index in [2.05, 4.69) is 17.1 Å². The maximum atomic E-state index is 13.4. The Morgan fingerprint density at radius 3 is 2.62 bits per heavy atom. The highest BCUT2D eigenvalue weighted by molar-refractivity contribution is 5.98. The Balaban J connectivity index is 1.91. The van der Waals surface area contributed by atoms with E-state index in [-0.39, 0.29) is 5.56 Å². The van der Waals surface area contributed by atoms with Crippen LogP contribution in [0.1, 0.15) is 43.0 Å². The third-order valence-electron chi connectivity index (χ3n) is 4.76. The number of amides is 1. The number of carbonyl (C=O) groups is 1. The summed E-state index contributed by atoms with van der Waals surface area (Å²) in [5, 5.41) is 3.62. The molecule has 2 atom stereocenters. The van der Waals surface area contributed by atoms with Crippen LogP contribution in [-0.4, -0.2) is 30.6 Å². The molecule has 0 aromatic heterocycles. The average molecular weight is 291 g/mol. The molecule has 4 nitrogen and oxygen atoms in total. The van der Waals surface area contributed by atoms with Crippen LogP contribution in [0.25, 0.3) is 0 Å². The third-order valence-corrected chi connectivity index (χ3v) is 4.76. The number of fused-ring (bicyclic) bond motifs is 2. The summed E-state index contributed by atoms with van der Waals surface area (Å²) in [5.74, 6) is -0.992. The fourth-order valence-corrected chi connectivity index (χ4v) is 3.86. The number of benzene rings is 1. The zero-order chi connectivity index (χ0) is 15.0. The lowest BCUT2D eigenvalue weighted by Crippen LogP contribution is -2.48. The van der Waals surface area contributed by atoms with Crippen LogP contribution in [0.15, 0.2) is 18.2 Å². The van der Waals surface area contributed by atoms with Gasteiger partial charge in [-0.25, -0.2) is 4.39 Å². The van der Waals surface area contributed by atoms with Crippen LogP contribution in [0.2, 0.25) is 0 Å². The number of anilines is 1. The van der Waals surface area contributed by atoms with Gasteiger partial charge >= 0.3 is 0 Å². The molecule has 0 aliphatic carbocycles. The SMILES string of the molecule is CCN(c1ccc(F)cc1C(N)=O)C1CC2CCC(C1)N2. The van der Waals surface area contributed by atoms with Gasteiger partial charge in [-0.05, 0) is 50.8 Å². The van der Waals surface area contributed by atoms with Crippen LogP contribution in [0.5, 0.6) is 0 Å². The van der Waals surface area contributed by atoms with Crippen LogP contribution in [-0.2, 0) is 0 Å². The standard InChI is InChI=1S/C16H22FN3O/c1-2-20(13-8-11-4-5-12(9-13)19-11)15-6-3-10(17)7-14(15)16(18)21/h3,6-7,11-13,19H,2,4-5,8-9H2,1H3,(H2,18,21). The first-order valence-electron chi connectivity index (χ1n) is 7.70. The Hall–Kier alpha value is -1.62. The van der Waals surface area contributed by atoms with E-state index < -0.39 is 11.7 Å².